The molecule has 0 saturated carbocycles. The van der Waals surface area contributed by atoms with E-state index >= 15 is 0 Å². The third kappa shape index (κ3) is 3.44. The predicted octanol–water partition coefficient (Wildman–Crippen LogP) is 4.81. The summed E-state index contributed by atoms with van der Waals surface area (Å²) in [5.41, 5.74) is 0.766. The number of hydrogen-bond acceptors (Lipinski definition) is 5. The molecule has 0 aliphatic carbocycles. The molecular weight excluding hydrogens is 314 g/mol. The van der Waals surface area contributed by atoms with Gasteiger partial charge in [0, 0.05) is 17.7 Å². The van der Waals surface area contributed by atoms with E-state index in [2.05, 4.69) is 0 Å². The fourth-order valence-electron chi connectivity index (χ4n) is 2.00. The van der Waals surface area contributed by atoms with Gasteiger partial charge in [-0.2, -0.15) is 0 Å². The molecule has 0 aliphatic rings. The number of benzene rings is 1. The van der Waals surface area contributed by atoms with Crippen LogP contribution >= 0.6 is 11.3 Å². The molecule has 0 fully saturated rings. The Labute approximate surface area is 135 Å². The summed E-state index contributed by atoms with van der Waals surface area (Å²) in [4.78, 5) is 22.7. The number of thiophene rings is 1. The molecule has 0 bridgehead atoms. The lowest BCUT2D eigenvalue weighted by Crippen LogP contribution is -1.88. The Morgan fingerprint density at radius 3 is 2.57 bits per heavy atom. The molecule has 0 unspecified atom stereocenters. The van der Waals surface area contributed by atoms with Crippen molar-refractivity contribution in [2.75, 3.05) is 0 Å². The minimum absolute atomic E-state index is 0.0296. The summed E-state index contributed by atoms with van der Waals surface area (Å²) in [5.74, 6) is 1.06. The molecule has 0 N–H and O–H groups in total. The summed E-state index contributed by atoms with van der Waals surface area (Å²) in [7, 11) is 0. The van der Waals surface area contributed by atoms with Crippen molar-refractivity contribution in [3.05, 3.63) is 80.7 Å². The fraction of sp³-hybridized carbons (Fsp3) is 0. The second-order valence-electron chi connectivity index (χ2n) is 4.68. The zero-order valence-electron chi connectivity index (χ0n) is 11.8. The maximum absolute atomic E-state index is 11.9. The van der Waals surface area contributed by atoms with Crippen molar-refractivity contribution < 1.29 is 14.1 Å². The lowest BCUT2D eigenvalue weighted by atomic mass is 10.1. The third-order valence-corrected chi connectivity index (χ3v) is 4.04. The van der Waals surface area contributed by atoms with E-state index < -0.39 is 4.92 Å². The minimum atomic E-state index is -0.448. The van der Waals surface area contributed by atoms with Crippen LogP contribution in [0.5, 0.6) is 0 Å². The number of carbonyl (C=O) groups is 1. The molecule has 2 heterocycles. The van der Waals surface area contributed by atoms with E-state index in [4.69, 9.17) is 4.42 Å². The average Bonchev–Trinajstić information content (AvgIpc) is 3.24. The van der Waals surface area contributed by atoms with E-state index in [-0.39, 0.29) is 11.5 Å². The van der Waals surface area contributed by atoms with Gasteiger partial charge in [0.25, 0.3) is 5.69 Å². The first-order valence-electron chi connectivity index (χ1n) is 6.74. The quantitative estimate of drug-likeness (QED) is 0.292. The van der Waals surface area contributed by atoms with Crippen molar-refractivity contribution in [1.82, 2.24) is 0 Å². The molecule has 1 aromatic carbocycles. The normalized spacial score (nSPS) is 11.0. The first kappa shape index (κ1) is 14.9. The van der Waals surface area contributed by atoms with Crippen LogP contribution in [0.15, 0.2) is 64.4 Å². The lowest BCUT2D eigenvalue weighted by molar-refractivity contribution is -0.384. The Kier molecular flexibility index (Phi) is 4.16. The van der Waals surface area contributed by atoms with Gasteiger partial charge in [0.05, 0.1) is 9.80 Å². The predicted molar refractivity (Wildman–Crippen MR) is 88.5 cm³/mol. The molecule has 3 aromatic rings. The summed E-state index contributed by atoms with van der Waals surface area (Å²) < 4.78 is 5.63. The van der Waals surface area contributed by atoms with Gasteiger partial charge in [-0.25, -0.2) is 0 Å². The highest BCUT2D eigenvalue weighted by atomic mass is 32.1. The zero-order chi connectivity index (χ0) is 16.2. The van der Waals surface area contributed by atoms with Crippen LogP contribution in [0.4, 0.5) is 5.69 Å². The highest BCUT2D eigenvalue weighted by Crippen LogP contribution is 2.25. The molecule has 2 aromatic heterocycles. The van der Waals surface area contributed by atoms with Gasteiger partial charge in [-0.15, -0.1) is 11.3 Å². The van der Waals surface area contributed by atoms with Crippen molar-refractivity contribution in [3.63, 3.8) is 0 Å². The Bertz CT molecular complexity index is 860. The maximum Gasteiger partial charge on any atom is 0.269 e. The number of rotatable bonds is 5. The van der Waals surface area contributed by atoms with Crippen LogP contribution in [0.2, 0.25) is 0 Å². The largest absolute Gasteiger partial charge is 0.457 e. The number of nitro benzene ring substituents is 1. The highest BCUT2D eigenvalue weighted by Gasteiger charge is 2.08. The van der Waals surface area contributed by atoms with Crippen LogP contribution in [-0.2, 0) is 0 Å². The van der Waals surface area contributed by atoms with E-state index in [9.17, 15) is 14.9 Å². The minimum Gasteiger partial charge on any atom is -0.457 e. The van der Waals surface area contributed by atoms with Gasteiger partial charge < -0.3 is 4.42 Å². The van der Waals surface area contributed by atoms with E-state index in [0.717, 1.165) is 5.56 Å². The molecule has 5 nitrogen and oxygen atoms in total. The van der Waals surface area contributed by atoms with E-state index in [0.29, 0.717) is 16.4 Å². The van der Waals surface area contributed by atoms with Crippen molar-refractivity contribution in [1.29, 1.82) is 0 Å². The van der Waals surface area contributed by atoms with Gasteiger partial charge in [-0.05, 0) is 47.9 Å². The van der Waals surface area contributed by atoms with Gasteiger partial charge >= 0.3 is 0 Å². The van der Waals surface area contributed by atoms with E-state index in [1.54, 1.807) is 36.4 Å². The molecule has 0 atom stereocenters. The first-order chi connectivity index (χ1) is 11.1. The Hall–Kier alpha value is -2.99. The van der Waals surface area contributed by atoms with Gasteiger partial charge in [-0.3, -0.25) is 14.9 Å². The fourth-order valence-corrected chi connectivity index (χ4v) is 2.65. The lowest BCUT2D eigenvalue weighted by Gasteiger charge is -1.96. The van der Waals surface area contributed by atoms with Crippen LogP contribution in [-0.4, -0.2) is 10.7 Å². The molecule has 3 rings (SSSR count). The van der Waals surface area contributed by atoms with Crippen molar-refractivity contribution in [3.8, 4) is 11.3 Å². The van der Waals surface area contributed by atoms with Crippen LogP contribution < -0.4 is 0 Å². The van der Waals surface area contributed by atoms with Crippen LogP contribution in [0, 0.1) is 10.1 Å². The van der Waals surface area contributed by atoms with Crippen LogP contribution in [0.1, 0.15) is 15.4 Å². The van der Waals surface area contributed by atoms with Gasteiger partial charge in [0.2, 0.25) is 0 Å². The molecule has 0 radical (unpaired) electrons. The highest BCUT2D eigenvalue weighted by molar-refractivity contribution is 7.12. The molecular formula is C17H11NO4S. The van der Waals surface area contributed by atoms with Crippen LogP contribution in [0.3, 0.4) is 0 Å². The SMILES string of the molecule is O=C(C=Cc1ccc(-c2ccc([N+](=O)[O-])cc2)o1)c1cccs1. The molecule has 6 heteroatoms. The molecule has 23 heavy (non-hydrogen) atoms. The van der Waals surface area contributed by atoms with Crippen molar-refractivity contribution >= 4 is 28.9 Å². The number of nitro groups is 1. The van der Waals surface area contributed by atoms with Crippen molar-refractivity contribution in [2.24, 2.45) is 0 Å². The van der Waals surface area contributed by atoms with Gasteiger partial charge in [-0.1, -0.05) is 6.07 Å². The molecule has 0 amide bonds. The second kappa shape index (κ2) is 6.41. The van der Waals surface area contributed by atoms with Crippen molar-refractivity contribution in [2.45, 2.75) is 0 Å². The monoisotopic (exact) mass is 325 g/mol. The van der Waals surface area contributed by atoms with E-state index in [1.807, 2.05) is 11.4 Å². The topological polar surface area (TPSA) is 73.3 Å². The van der Waals surface area contributed by atoms with E-state index in [1.165, 1.54) is 29.5 Å². The summed E-state index contributed by atoms with van der Waals surface area (Å²) in [6.45, 7) is 0. The maximum atomic E-state index is 11.9. The third-order valence-electron chi connectivity index (χ3n) is 3.15. The number of allylic oxidation sites excluding steroid dienone is 1. The molecule has 0 saturated heterocycles. The number of ketones is 1. The Morgan fingerprint density at radius 2 is 1.91 bits per heavy atom. The molecule has 114 valence electrons. The summed E-state index contributed by atoms with van der Waals surface area (Å²) >= 11 is 1.39. The summed E-state index contributed by atoms with van der Waals surface area (Å²) in [6.07, 6.45) is 3.07. The second-order valence-corrected chi connectivity index (χ2v) is 5.63. The average molecular weight is 325 g/mol. The van der Waals surface area contributed by atoms with Gasteiger partial charge in [0.15, 0.2) is 5.78 Å². The number of furan rings is 1. The molecule has 0 spiro atoms. The Morgan fingerprint density at radius 1 is 1.13 bits per heavy atom. The summed E-state index contributed by atoms with van der Waals surface area (Å²) in [5, 5.41) is 12.5. The first-order valence-corrected chi connectivity index (χ1v) is 7.62. The Balaban J connectivity index is 1.75. The summed E-state index contributed by atoms with van der Waals surface area (Å²) in [6, 6.07) is 13.2. The zero-order valence-corrected chi connectivity index (χ0v) is 12.7. The van der Waals surface area contributed by atoms with Crippen LogP contribution in [0.25, 0.3) is 17.4 Å². The number of non-ortho nitro benzene ring substituents is 1. The van der Waals surface area contributed by atoms with Gasteiger partial charge in [0.1, 0.15) is 11.5 Å². The molecule has 0 aliphatic heterocycles. The smallest absolute Gasteiger partial charge is 0.269 e. The standard InChI is InChI=1S/C17H11NO4S/c19-15(17-2-1-11-23-17)9-7-14-8-10-16(22-14)12-3-5-13(6-4-12)18(20)21/h1-11H. The number of hydrogen-bond donors (Lipinski definition) is 0. The number of nitrogens with zero attached hydrogens (tertiary/aromatic N) is 1. The number of carbonyl (C=O) groups excluding carboxylic acids is 1.